The normalized spacial score (nSPS) is 13.6. The molecule has 0 unspecified atom stereocenters. The summed E-state index contributed by atoms with van der Waals surface area (Å²) in [6, 6.07) is 7.40. The largest absolute Gasteiger partial charge is 0.508 e. The predicted molar refractivity (Wildman–Crippen MR) is 138 cm³/mol. The summed E-state index contributed by atoms with van der Waals surface area (Å²) in [5.41, 5.74) is 5.11. The molecule has 1 aliphatic heterocycles. The standard InChI is InChI=1S/C28H34N2O4/c1-18(2)8-5-9-19(3)10-6-11-20(4)14-15-30-23-16-21(31)17-25(33)26(23)29-28(34)22-12-7-13-24(32)27(22)30/h7-8,10,12-14,16-17,31-33H,5-6,9,11,15H2,1-4H3,(H,29,34)/b19-10+,20-14+. The minimum Gasteiger partial charge on any atom is -0.508 e. The van der Waals surface area contributed by atoms with Crippen LogP contribution in [-0.2, 0) is 0 Å². The number of amides is 1. The minimum absolute atomic E-state index is 0.0516. The summed E-state index contributed by atoms with van der Waals surface area (Å²) in [7, 11) is 0. The van der Waals surface area contributed by atoms with Crippen LogP contribution in [0, 0.1) is 0 Å². The lowest BCUT2D eigenvalue weighted by Crippen LogP contribution is -2.18. The van der Waals surface area contributed by atoms with E-state index in [9.17, 15) is 20.1 Å². The number of aromatic hydroxyl groups is 3. The molecule has 6 nitrogen and oxygen atoms in total. The van der Waals surface area contributed by atoms with Gasteiger partial charge in [-0.25, -0.2) is 0 Å². The number of anilines is 3. The Bertz CT molecular complexity index is 1160. The minimum atomic E-state index is -0.440. The van der Waals surface area contributed by atoms with E-state index in [2.05, 4.69) is 45.2 Å². The van der Waals surface area contributed by atoms with E-state index >= 15 is 0 Å². The molecule has 0 fully saturated rings. The van der Waals surface area contributed by atoms with Gasteiger partial charge in [-0.1, -0.05) is 41.0 Å². The third kappa shape index (κ3) is 6.01. The van der Waals surface area contributed by atoms with Gasteiger partial charge in [-0.3, -0.25) is 4.79 Å². The van der Waals surface area contributed by atoms with E-state index < -0.39 is 5.91 Å². The molecule has 0 saturated carbocycles. The second-order valence-electron chi connectivity index (χ2n) is 9.06. The van der Waals surface area contributed by atoms with Crippen molar-refractivity contribution in [2.75, 3.05) is 16.8 Å². The quantitative estimate of drug-likeness (QED) is 0.194. The molecule has 4 N–H and O–H groups in total. The Balaban J connectivity index is 1.84. The number of carbonyl (C=O) groups is 1. The molecule has 2 aromatic carbocycles. The number of phenols is 3. The summed E-state index contributed by atoms with van der Waals surface area (Å²) in [6.07, 6.45) is 10.5. The summed E-state index contributed by atoms with van der Waals surface area (Å²) in [6.45, 7) is 8.80. The van der Waals surface area contributed by atoms with Crippen molar-refractivity contribution in [1.29, 1.82) is 0 Å². The van der Waals surface area contributed by atoms with Crippen molar-refractivity contribution in [2.45, 2.75) is 53.4 Å². The number of fused-ring (bicyclic) bond motifs is 2. The topological polar surface area (TPSA) is 93.0 Å². The lowest BCUT2D eigenvalue weighted by molar-refractivity contribution is 0.102. The maximum absolute atomic E-state index is 12.8. The molecule has 2 aromatic rings. The van der Waals surface area contributed by atoms with Gasteiger partial charge < -0.3 is 25.5 Å². The molecule has 6 heteroatoms. The Morgan fingerprint density at radius 1 is 0.912 bits per heavy atom. The number of phenolic OH excluding ortho intramolecular Hbond substituents is 3. The molecule has 1 amide bonds. The Labute approximate surface area is 201 Å². The van der Waals surface area contributed by atoms with Gasteiger partial charge >= 0.3 is 0 Å². The van der Waals surface area contributed by atoms with Crippen molar-refractivity contribution in [1.82, 2.24) is 0 Å². The molecule has 0 radical (unpaired) electrons. The molecule has 0 bridgehead atoms. The number of nitrogens with zero attached hydrogens (tertiary/aromatic N) is 1. The molecule has 0 spiro atoms. The van der Waals surface area contributed by atoms with Crippen LogP contribution in [0.1, 0.15) is 63.7 Å². The molecular weight excluding hydrogens is 428 g/mol. The van der Waals surface area contributed by atoms with Gasteiger partial charge in [0.25, 0.3) is 5.91 Å². The summed E-state index contributed by atoms with van der Waals surface area (Å²) < 4.78 is 0. The fraction of sp³-hybridized carbons (Fsp3) is 0.321. The summed E-state index contributed by atoms with van der Waals surface area (Å²) in [4.78, 5) is 14.5. The number of benzene rings is 2. The molecule has 0 atom stereocenters. The first-order chi connectivity index (χ1) is 16.2. The van der Waals surface area contributed by atoms with Crippen LogP contribution in [0.15, 0.2) is 65.3 Å². The second kappa shape index (κ2) is 11.0. The summed E-state index contributed by atoms with van der Waals surface area (Å²) in [5.74, 6) is -0.867. The van der Waals surface area contributed by atoms with Gasteiger partial charge in [0, 0.05) is 18.7 Å². The molecule has 0 aliphatic carbocycles. The predicted octanol–water partition coefficient (Wildman–Crippen LogP) is 6.93. The average molecular weight is 463 g/mol. The van der Waals surface area contributed by atoms with Gasteiger partial charge in [0.15, 0.2) is 0 Å². The van der Waals surface area contributed by atoms with Crippen LogP contribution < -0.4 is 10.2 Å². The molecule has 180 valence electrons. The summed E-state index contributed by atoms with van der Waals surface area (Å²) >= 11 is 0. The number of hydrogen-bond acceptors (Lipinski definition) is 5. The number of carbonyl (C=O) groups excluding carboxylic acids is 1. The van der Waals surface area contributed by atoms with E-state index in [0.29, 0.717) is 17.9 Å². The average Bonchev–Trinajstić information content (AvgIpc) is 2.87. The van der Waals surface area contributed by atoms with Crippen LogP contribution >= 0.6 is 0 Å². The van der Waals surface area contributed by atoms with Crippen LogP contribution in [0.5, 0.6) is 17.2 Å². The second-order valence-corrected chi connectivity index (χ2v) is 9.06. The van der Waals surface area contributed by atoms with Crippen LogP contribution in [0.2, 0.25) is 0 Å². The fourth-order valence-electron chi connectivity index (χ4n) is 4.01. The SMILES string of the molecule is CC(C)=CCC/C(C)=C/CC/C(C)=C/CN1c2cc(O)cc(O)c2NC(=O)c2cccc(O)c21. The van der Waals surface area contributed by atoms with Crippen molar-refractivity contribution in [3.63, 3.8) is 0 Å². The molecule has 1 aliphatic rings. The van der Waals surface area contributed by atoms with E-state index in [0.717, 1.165) is 25.7 Å². The molecule has 1 heterocycles. The van der Waals surface area contributed by atoms with Gasteiger partial charge in [-0.2, -0.15) is 0 Å². The van der Waals surface area contributed by atoms with Crippen LogP contribution in [-0.4, -0.2) is 27.8 Å². The van der Waals surface area contributed by atoms with Gasteiger partial charge in [0.1, 0.15) is 22.9 Å². The lowest BCUT2D eigenvalue weighted by atomic mass is 10.1. The van der Waals surface area contributed by atoms with E-state index in [-0.39, 0.29) is 28.5 Å². The number of nitrogens with one attached hydrogen (secondary N) is 1. The first-order valence-electron chi connectivity index (χ1n) is 11.6. The van der Waals surface area contributed by atoms with E-state index in [1.807, 2.05) is 6.08 Å². The van der Waals surface area contributed by atoms with Crippen molar-refractivity contribution in [2.24, 2.45) is 0 Å². The first kappa shape index (κ1) is 25.0. The van der Waals surface area contributed by atoms with Gasteiger partial charge in [0.2, 0.25) is 0 Å². The smallest absolute Gasteiger partial charge is 0.258 e. The Hall–Kier alpha value is -3.67. The highest BCUT2D eigenvalue weighted by atomic mass is 16.3. The lowest BCUT2D eigenvalue weighted by Gasteiger charge is -2.26. The molecule has 3 rings (SSSR count). The third-order valence-electron chi connectivity index (χ3n) is 5.89. The number of rotatable bonds is 8. The van der Waals surface area contributed by atoms with Crippen molar-refractivity contribution < 1.29 is 20.1 Å². The van der Waals surface area contributed by atoms with Crippen molar-refractivity contribution >= 4 is 23.0 Å². The first-order valence-corrected chi connectivity index (χ1v) is 11.6. The molecule has 0 aromatic heterocycles. The molecular formula is C28H34N2O4. The van der Waals surface area contributed by atoms with Crippen LogP contribution in [0.25, 0.3) is 0 Å². The van der Waals surface area contributed by atoms with Gasteiger partial charge in [0.05, 0.1) is 16.9 Å². The Morgan fingerprint density at radius 3 is 2.29 bits per heavy atom. The van der Waals surface area contributed by atoms with Crippen molar-refractivity contribution in [3.8, 4) is 17.2 Å². The molecule has 34 heavy (non-hydrogen) atoms. The zero-order valence-corrected chi connectivity index (χ0v) is 20.4. The Morgan fingerprint density at radius 2 is 1.59 bits per heavy atom. The maximum atomic E-state index is 12.8. The number of para-hydroxylation sites is 1. The zero-order valence-electron chi connectivity index (χ0n) is 20.4. The highest BCUT2D eigenvalue weighted by Crippen LogP contribution is 2.47. The van der Waals surface area contributed by atoms with Gasteiger partial charge in [-0.15, -0.1) is 0 Å². The monoisotopic (exact) mass is 462 g/mol. The Kier molecular flexibility index (Phi) is 8.05. The number of hydrogen-bond donors (Lipinski definition) is 4. The van der Waals surface area contributed by atoms with E-state index in [1.54, 1.807) is 17.0 Å². The number of allylic oxidation sites excluding steroid dienone is 5. The van der Waals surface area contributed by atoms with Crippen LogP contribution in [0.4, 0.5) is 17.1 Å². The van der Waals surface area contributed by atoms with Gasteiger partial charge in [-0.05, 0) is 65.5 Å². The summed E-state index contributed by atoms with van der Waals surface area (Å²) in [5, 5.41) is 33.8. The van der Waals surface area contributed by atoms with Crippen LogP contribution in [0.3, 0.4) is 0 Å². The van der Waals surface area contributed by atoms with E-state index in [1.165, 1.54) is 34.9 Å². The fourth-order valence-corrected chi connectivity index (χ4v) is 4.01. The highest BCUT2D eigenvalue weighted by molar-refractivity contribution is 6.14. The maximum Gasteiger partial charge on any atom is 0.258 e. The van der Waals surface area contributed by atoms with Crippen molar-refractivity contribution in [3.05, 3.63) is 70.8 Å². The third-order valence-corrected chi connectivity index (χ3v) is 5.89. The molecule has 0 saturated heterocycles. The zero-order chi connectivity index (χ0) is 24.8. The van der Waals surface area contributed by atoms with E-state index in [4.69, 9.17) is 0 Å². The highest BCUT2D eigenvalue weighted by Gasteiger charge is 2.29.